The van der Waals surface area contributed by atoms with Gasteiger partial charge >= 0.3 is 6.23 Å². The minimum Gasteiger partial charge on any atom is -0.310 e. The molecule has 6 aliphatic rings. The molecule has 144 valence electrons. The van der Waals surface area contributed by atoms with Crippen LogP contribution in [-0.4, -0.2) is 53.2 Å². The molecule has 7 nitrogen and oxygen atoms in total. The summed E-state index contributed by atoms with van der Waals surface area (Å²) in [5, 5.41) is 11.6. The van der Waals surface area contributed by atoms with Crippen molar-refractivity contribution in [2.24, 2.45) is 11.8 Å². The highest BCUT2D eigenvalue weighted by atomic mass is 16.7. The zero-order chi connectivity index (χ0) is 18.8. The number of carbonyl (C=O) groups excluding carboxylic acids is 1. The van der Waals surface area contributed by atoms with Gasteiger partial charge in [-0.25, -0.2) is 0 Å². The number of anilines is 1. The van der Waals surface area contributed by atoms with Crippen molar-refractivity contribution in [3.8, 4) is 0 Å². The number of para-hydroxylation sites is 1. The van der Waals surface area contributed by atoms with E-state index in [1.165, 1.54) is 5.56 Å². The zero-order valence-electron chi connectivity index (χ0n) is 15.4. The third-order valence-corrected chi connectivity index (χ3v) is 8.44. The summed E-state index contributed by atoms with van der Waals surface area (Å²) in [6, 6.07) is 8.86. The van der Waals surface area contributed by atoms with Crippen LogP contribution in [0.3, 0.4) is 0 Å². The van der Waals surface area contributed by atoms with E-state index in [1.54, 1.807) is 6.08 Å². The zero-order valence-corrected chi connectivity index (χ0v) is 15.4. The van der Waals surface area contributed by atoms with Crippen molar-refractivity contribution in [2.45, 2.75) is 49.1 Å². The maximum atomic E-state index is 13.3. The lowest BCUT2D eigenvalue weighted by Crippen LogP contribution is -2.69. The Balaban J connectivity index is 1.50. The topological polar surface area (TPSA) is 75.9 Å². The maximum absolute atomic E-state index is 13.3. The van der Waals surface area contributed by atoms with E-state index in [0.717, 1.165) is 37.2 Å². The Hall–Kier alpha value is -2.25. The summed E-state index contributed by atoms with van der Waals surface area (Å²) in [4.78, 5) is 29.1. The normalized spacial score (nSPS) is 44.8. The molecule has 1 saturated carbocycles. The van der Waals surface area contributed by atoms with E-state index in [2.05, 4.69) is 28.0 Å². The fourth-order valence-corrected chi connectivity index (χ4v) is 7.67. The number of benzene rings is 1. The van der Waals surface area contributed by atoms with Crippen molar-refractivity contribution >= 4 is 11.6 Å². The average Bonchev–Trinajstić information content (AvgIpc) is 3.16. The number of amides is 1. The first-order chi connectivity index (χ1) is 13.6. The molecule has 5 heterocycles. The quantitative estimate of drug-likeness (QED) is 0.422. The fourth-order valence-electron chi connectivity index (χ4n) is 7.67. The molecule has 1 spiro atoms. The van der Waals surface area contributed by atoms with E-state index in [4.69, 9.17) is 4.74 Å². The van der Waals surface area contributed by atoms with Gasteiger partial charge in [0.1, 0.15) is 0 Å². The largest absolute Gasteiger partial charge is 0.335 e. The predicted molar refractivity (Wildman–Crippen MR) is 99.3 cm³/mol. The van der Waals surface area contributed by atoms with Crippen molar-refractivity contribution in [1.29, 1.82) is 0 Å². The second-order valence-electron chi connectivity index (χ2n) is 9.22. The summed E-state index contributed by atoms with van der Waals surface area (Å²) in [5.74, 6) is 0.467. The molecule has 1 amide bonds. The van der Waals surface area contributed by atoms with Crippen LogP contribution >= 0.6 is 0 Å². The highest BCUT2D eigenvalue weighted by Crippen LogP contribution is 2.65. The van der Waals surface area contributed by atoms with Gasteiger partial charge in [-0.15, -0.1) is 0 Å². The Morgan fingerprint density at radius 3 is 3.00 bits per heavy atom. The number of ether oxygens (including phenoxy) is 1. The first-order valence-electron chi connectivity index (χ1n) is 10.2. The fraction of sp³-hybridized carbons (Fsp3) is 0.571. The summed E-state index contributed by atoms with van der Waals surface area (Å²) in [5.41, 5.74) is 3.47. The molecule has 4 fully saturated rings. The van der Waals surface area contributed by atoms with Gasteiger partial charge in [-0.2, -0.15) is 0 Å². The Kier molecular flexibility index (Phi) is 2.70. The van der Waals surface area contributed by atoms with Gasteiger partial charge in [-0.1, -0.05) is 18.2 Å². The van der Waals surface area contributed by atoms with Crippen molar-refractivity contribution in [2.75, 3.05) is 18.0 Å². The smallest absolute Gasteiger partial charge is 0.310 e. The molecule has 1 aromatic rings. The van der Waals surface area contributed by atoms with Crippen LogP contribution in [0.1, 0.15) is 24.8 Å². The molecule has 0 radical (unpaired) electrons. The van der Waals surface area contributed by atoms with E-state index in [0.29, 0.717) is 6.04 Å². The first-order valence-corrected chi connectivity index (χ1v) is 10.2. The Morgan fingerprint density at radius 2 is 2.14 bits per heavy atom. The molecule has 5 aliphatic heterocycles. The molecule has 0 unspecified atom stereocenters. The summed E-state index contributed by atoms with van der Waals surface area (Å²) >= 11 is 0. The number of nitrogens with zero attached hydrogens (tertiary/aromatic N) is 3. The standard InChI is InChI=1S/C21H21N3O4/c25-17-9-15-19-12-8-16-21(13-3-1-2-4-14(13)23(17)20(19)21)5-6-22(16)10-11(12)7-18(28-15)24(26)27/h1-4,7,12,15-16,18-20H,5-6,8-10H2/t12-,15-,16-,18-,19-,20-,21+/m0/s1. The lowest BCUT2D eigenvalue weighted by molar-refractivity contribution is -0.565. The van der Waals surface area contributed by atoms with Gasteiger partial charge in [0, 0.05) is 35.7 Å². The van der Waals surface area contributed by atoms with Crippen LogP contribution in [0, 0.1) is 22.0 Å². The monoisotopic (exact) mass is 379 g/mol. The molecule has 3 saturated heterocycles. The van der Waals surface area contributed by atoms with E-state index in [-0.39, 0.29) is 46.6 Å². The first kappa shape index (κ1) is 15.6. The molecular weight excluding hydrogens is 358 g/mol. The van der Waals surface area contributed by atoms with Gasteiger partial charge in [-0.3, -0.25) is 19.8 Å². The van der Waals surface area contributed by atoms with E-state index in [9.17, 15) is 14.9 Å². The van der Waals surface area contributed by atoms with E-state index < -0.39 is 6.23 Å². The van der Waals surface area contributed by atoms with Crippen molar-refractivity contribution in [3.63, 3.8) is 0 Å². The lowest BCUT2D eigenvalue weighted by atomic mass is 9.53. The number of nitro groups is 1. The number of rotatable bonds is 1. The second kappa shape index (κ2) is 4.83. The average molecular weight is 379 g/mol. The van der Waals surface area contributed by atoms with Crippen molar-refractivity contribution in [3.05, 3.63) is 51.6 Å². The predicted octanol–water partition coefficient (Wildman–Crippen LogP) is 1.70. The highest BCUT2D eigenvalue weighted by Gasteiger charge is 2.71. The second-order valence-corrected chi connectivity index (χ2v) is 9.22. The minimum absolute atomic E-state index is 0.0547. The molecule has 0 N–H and O–H groups in total. The Bertz CT molecular complexity index is 976. The lowest BCUT2D eigenvalue weighted by Gasteiger charge is -2.58. The van der Waals surface area contributed by atoms with E-state index in [1.807, 2.05) is 6.07 Å². The van der Waals surface area contributed by atoms with Gasteiger partial charge in [0.05, 0.1) is 23.5 Å². The molecule has 7 atom stereocenters. The molecule has 7 heteroatoms. The summed E-state index contributed by atoms with van der Waals surface area (Å²) < 4.78 is 6.02. The van der Waals surface area contributed by atoms with Crippen LogP contribution in [0.5, 0.6) is 0 Å². The van der Waals surface area contributed by atoms with Crippen LogP contribution in [0.25, 0.3) is 0 Å². The van der Waals surface area contributed by atoms with Crippen LogP contribution in [-0.2, 0) is 14.9 Å². The minimum atomic E-state index is -1.14. The van der Waals surface area contributed by atoms with Crippen molar-refractivity contribution in [1.82, 2.24) is 4.90 Å². The van der Waals surface area contributed by atoms with Crippen molar-refractivity contribution < 1.29 is 14.5 Å². The molecule has 0 aromatic heterocycles. The van der Waals surface area contributed by atoms with Crippen LogP contribution in [0.2, 0.25) is 0 Å². The van der Waals surface area contributed by atoms with Crippen LogP contribution in [0.4, 0.5) is 5.69 Å². The molecule has 7 rings (SSSR count). The third-order valence-electron chi connectivity index (χ3n) is 8.44. The SMILES string of the molecule is O=C1C[C@@H]2O[C@H]([N+](=O)[O-])C=C3CN4CC[C@]56c7ccccc7N1[C@H]5[C@H]2[C@H]3C[C@H]46. The number of hydrogen-bond donors (Lipinski definition) is 0. The van der Waals surface area contributed by atoms with Crippen LogP contribution < -0.4 is 4.90 Å². The third kappa shape index (κ3) is 1.56. The highest BCUT2D eigenvalue weighted by molar-refractivity contribution is 5.99. The Morgan fingerprint density at radius 1 is 1.29 bits per heavy atom. The van der Waals surface area contributed by atoms with Gasteiger partial charge < -0.3 is 9.64 Å². The van der Waals surface area contributed by atoms with Gasteiger partial charge in [0.15, 0.2) is 0 Å². The summed E-state index contributed by atoms with van der Waals surface area (Å²) in [6.45, 7) is 1.79. The molecule has 2 bridgehead atoms. The molecule has 28 heavy (non-hydrogen) atoms. The number of fused-ring (bicyclic) bond motifs is 2. The van der Waals surface area contributed by atoms with Gasteiger partial charge in [-0.05, 0) is 42.5 Å². The van der Waals surface area contributed by atoms with Gasteiger partial charge in [0.25, 0.3) is 0 Å². The number of carbonyl (C=O) groups is 1. The molecule has 1 aromatic carbocycles. The van der Waals surface area contributed by atoms with E-state index >= 15 is 0 Å². The maximum Gasteiger partial charge on any atom is 0.335 e. The summed E-state index contributed by atoms with van der Waals surface area (Å²) in [7, 11) is 0. The molecule has 1 aliphatic carbocycles. The Labute approximate surface area is 162 Å². The van der Waals surface area contributed by atoms with Crippen LogP contribution in [0.15, 0.2) is 35.9 Å². The number of hydrogen-bond acceptors (Lipinski definition) is 5. The van der Waals surface area contributed by atoms with Gasteiger partial charge in [0.2, 0.25) is 5.91 Å². The molecular formula is C21H21N3O4. The summed E-state index contributed by atoms with van der Waals surface area (Å²) in [6.07, 6.45) is 2.55. The number of piperidine rings is 2.